The molecule has 0 fully saturated rings. The fourth-order valence-corrected chi connectivity index (χ4v) is 1.72. The highest BCUT2D eigenvalue weighted by Gasteiger charge is 2.34. The van der Waals surface area contributed by atoms with Gasteiger partial charge in [-0.25, -0.2) is 0 Å². The van der Waals surface area contributed by atoms with Gasteiger partial charge in [0.25, 0.3) is 6.01 Å². The summed E-state index contributed by atoms with van der Waals surface area (Å²) in [4.78, 5) is 5.13. The Balaban J connectivity index is 2.39. The number of nitrogens with zero attached hydrogens (tertiary/aromatic N) is 2. The molecule has 1 aromatic carbocycles. The maximum atomic E-state index is 12.5. The van der Waals surface area contributed by atoms with E-state index >= 15 is 0 Å². The lowest BCUT2D eigenvalue weighted by molar-refractivity contribution is -0.121. The molecule has 2 aromatic rings. The summed E-state index contributed by atoms with van der Waals surface area (Å²) in [5.41, 5.74) is 6.92. The minimum absolute atomic E-state index is 0.0482. The Morgan fingerprint density at radius 2 is 2.05 bits per heavy atom. The van der Waals surface area contributed by atoms with Gasteiger partial charge in [0, 0.05) is 17.8 Å². The van der Waals surface area contributed by atoms with E-state index in [1.807, 2.05) is 0 Å². The molecule has 2 rings (SSSR count). The summed E-state index contributed by atoms with van der Waals surface area (Å²) in [5, 5.41) is 0. The van der Waals surface area contributed by atoms with Crippen molar-refractivity contribution >= 4 is 22.8 Å². The molecule has 19 heavy (non-hydrogen) atoms. The van der Waals surface area contributed by atoms with E-state index < -0.39 is 12.7 Å². The second-order valence-electron chi connectivity index (χ2n) is 4.56. The minimum atomic E-state index is -4.32. The van der Waals surface area contributed by atoms with Gasteiger partial charge in [-0.1, -0.05) is 0 Å². The van der Waals surface area contributed by atoms with Crippen LogP contribution in [-0.4, -0.2) is 23.7 Å². The van der Waals surface area contributed by atoms with Crippen LogP contribution in [0.1, 0.15) is 13.8 Å². The number of benzene rings is 1. The van der Waals surface area contributed by atoms with Crippen LogP contribution >= 0.6 is 0 Å². The van der Waals surface area contributed by atoms with E-state index in [1.54, 1.807) is 26.0 Å². The summed E-state index contributed by atoms with van der Waals surface area (Å²) in [6.45, 7) is 2.19. The average molecular weight is 273 g/mol. The van der Waals surface area contributed by atoms with E-state index in [1.165, 1.54) is 6.07 Å². The van der Waals surface area contributed by atoms with E-state index in [2.05, 4.69) is 4.98 Å². The standard InChI is InChI=1S/C12H14F3N3O/c1-7(2)18(6-12(13,14)15)11-17-9-4-3-8(16)5-10(9)19-11/h3-5,7H,6,16H2,1-2H3. The van der Waals surface area contributed by atoms with Crippen molar-refractivity contribution in [1.29, 1.82) is 0 Å². The fraction of sp³-hybridized carbons (Fsp3) is 0.417. The number of alkyl halides is 3. The van der Waals surface area contributed by atoms with E-state index in [0.717, 1.165) is 4.90 Å². The lowest BCUT2D eigenvalue weighted by atomic mass is 10.3. The smallest absolute Gasteiger partial charge is 0.406 e. The number of oxazole rings is 1. The van der Waals surface area contributed by atoms with Crippen molar-refractivity contribution in [2.75, 3.05) is 17.2 Å². The molecule has 1 aromatic heterocycles. The Morgan fingerprint density at radius 1 is 1.37 bits per heavy atom. The van der Waals surface area contributed by atoms with Gasteiger partial charge in [-0.05, 0) is 26.0 Å². The van der Waals surface area contributed by atoms with Gasteiger partial charge in [-0.2, -0.15) is 18.2 Å². The Hall–Kier alpha value is -1.92. The lowest BCUT2D eigenvalue weighted by Crippen LogP contribution is -2.39. The molecule has 7 heteroatoms. The zero-order chi connectivity index (χ0) is 14.2. The first-order chi connectivity index (χ1) is 8.76. The molecule has 4 nitrogen and oxygen atoms in total. The maximum absolute atomic E-state index is 12.5. The molecule has 0 unspecified atom stereocenters. The van der Waals surface area contributed by atoms with Gasteiger partial charge in [0.2, 0.25) is 0 Å². The Labute approximate surface area is 108 Å². The van der Waals surface area contributed by atoms with E-state index in [4.69, 9.17) is 10.2 Å². The molecular weight excluding hydrogens is 259 g/mol. The molecule has 0 aliphatic rings. The predicted octanol–water partition coefficient (Wildman–Crippen LogP) is 3.19. The van der Waals surface area contributed by atoms with E-state index in [9.17, 15) is 13.2 Å². The molecule has 0 radical (unpaired) electrons. The van der Waals surface area contributed by atoms with Crippen LogP contribution in [0.25, 0.3) is 11.1 Å². The van der Waals surface area contributed by atoms with Crippen LogP contribution < -0.4 is 10.6 Å². The quantitative estimate of drug-likeness (QED) is 0.872. The Bertz CT molecular complexity index is 577. The van der Waals surface area contributed by atoms with Crippen LogP contribution in [0.5, 0.6) is 0 Å². The molecule has 0 saturated heterocycles. The molecule has 0 aliphatic heterocycles. The SMILES string of the molecule is CC(C)N(CC(F)(F)F)c1nc2ccc(N)cc2o1. The third-order valence-electron chi connectivity index (χ3n) is 2.62. The number of anilines is 2. The number of halogens is 3. The maximum Gasteiger partial charge on any atom is 0.406 e. The zero-order valence-corrected chi connectivity index (χ0v) is 10.5. The molecular formula is C12H14F3N3O. The third-order valence-corrected chi connectivity index (χ3v) is 2.62. The third kappa shape index (κ3) is 3.10. The van der Waals surface area contributed by atoms with Crippen molar-refractivity contribution in [3.63, 3.8) is 0 Å². The second-order valence-corrected chi connectivity index (χ2v) is 4.56. The summed E-state index contributed by atoms with van der Waals surface area (Å²) in [6.07, 6.45) is -4.32. The van der Waals surface area contributed by atoms with Crippen molar-refractivity contribution in [2.24, 2.45) is 0 Å². The van der Waals surface area contributed by atoms with Gasteiger partial charge < -0.3 is 15.1 Å². The summed E-state index contributed by atoms with van der Waals surface area (Å²) < 4.78 is 43.0. The molecule has 0 atom stereocenters. The summed E-state index contributed by atoms with van der Waals surface area (Å²) in [6, 6.07) is 4.35. The molecule has 0 bridgehead atoms. The first kappa shape index (κ1) is 13.5. The van der Waals surface area contributed by atoms with Crippen molar-refractivity contribution < 1.29 is 17.6 Å². The molecule has 2 N–H and O–H groups in total. The number of hydrogen-bond donors (Lipinski definition) is 1. The van der Waals surface area contributed by atoms with E-state index in [-0.39, 0.29) is 12.1 Å². The van der Waals surface area contributed by atoms with Crippen LogP contribution in [0.3, 0.4) is 0 Å². The first-order valence-corrected chi connectivity index (χ1v) is 5.76. The van der Waals surface area contributed by atoms with Crippen molar-refractivity contribution in [2.45, 2.75) is 26.1 Å². The van der Waals surface area contributed by atoms with Crippen LogP contribution in [0.15, 0.2) is 22.6 Å². The summed E-state index contributed by atoms with van der Waals surface area (Å²) in [7, 11) is 0. The molecule has 104 valence electrons. The van der Waals surface area contributed by atoms with Gasteiger partial charge >= 0.3 is 6.18 Å². The fourth-order valence-electron chi connectivity index (χ4n) is 1.72. The largest absolute Gasteiger partial charge is 0.423 e. The van der Waals surface area contributed by atoms with E-state index in [0.29, 0.717) is 16.8 Å². The number of nitrogens with two attached hydrogens (primary N) is 1. The van der Waals surface area contributed by atoms with Gasteiger partial charge in [-0.15, -0.1) is 0 Å². The van der Waals surface area contributed by atoms with Gasteiger partial charge in [0.05, 0.1) is 0 Å². The first-order valence-electron chi connectivity index (χ1n) is 5.76. The highest BCUT2D eigenvalue weighted by atomic mass is 19.4. The molecule has 0 spiro atoms. The molecule has 0 aliphatic carbocycles. The van der Waals surface area contributed by atoms with Gasteiger partial charge in [0.15, 0.2) is 5.58 Å². The Morgan fingerprint density at radius 3 is 2.63 bits per heavy atom. The molecule has 0 amide bonds. The minimum Gasteiger partial charge on any atom is -0.423 e. The monoisotopic (exact) mass is 273 g/mol. The highest BCUT2D eigenvalue weighted by Crippen LogP contribution is 2.27. The van der Waals surface area contributed by atoms with Crippen LogP contribution in [0, 0.1) is 0 Å². The number of aromatic nitrogens is 1. The zero-order valence-electron chi connectivity index (χ0n) is 10.5. The predicted molar refractivity (Wildman–Crippen MR) is 67.0 cm³/mol. The average Bonchev–Trinajstić information content (AvgIpc) is 2.66. The van der Waals surface area contributed by atoms with Crippen molar-refractivity contribution in [3.8, 4) is 0 Å². The number of hydrogen-bond acceptors (Lipinski definition) is 4. The van der Waals surface area contributed by atoms with Crippen LogP contribution in [-0.2, 0) is 0 Å². The summed E-state index contributed by atoms with van der Waals surface area (Å²) in [5.74, 6) is 0. The molecule has 1 heterocycles. The molecule has 0 saturated carbocycles. The number of nitrogen functional groups attached to an aromatic ring is 1. The van der Waals surface area contributed by atoms with Crippen LogP contribution in [0.4, 0.5) is 24.9 Å². The number of rotatable bonds is 3. The number of fused-ring (bicyclic) bond motifs is 1. The normalized spacial score (nSPS) is 12.3. The van der Waals surface area contributed by atoms with Gasteiger partial charge in [0.1, 0.15) is 12.1 Å². The lowest BCUT2D eigenvalue weighted by Gasteiger charge is -2.25. The highest BCUT2D eigenvalue weighted by molar-refractivity contribution is 5.78. The van der Waals surface area contributed by atoms with Crippen molar-refractivity contribution in [3.05, 3.63) is 18.2 Å². The van der Waals surface area contributed by atoms with Crippen LogP contribution in [0.2, 0.25) is 0 Å². The second kappa shape index (κ2) is 4.64. The topological polar surface area (TPSA) is 55.3 Å². The Kier molecular flexibility index (Phi) is 3.30. The van der Waals surface area contributed by atoms with Gasteiger partial charge in [-0.3, -0.25) is 0 Å². The van der Waals surface area contributed by atoms with Crippen molar-refractivity contribution in [1.82, 2.24) is 4.98 Å². The summed E-state index contributed by atoms with van der Waals surface area (Å²) >= 11 is 0.